The van der Waals surface area contributed by atoms with Crippen LogP contribution >= 0.6 is 0 Å². The quantitative estimate of drug-likeness (QED) is 0.460. The summed E-state index contributed by atoms with van der Waals surface area (Å²) >= 11 is 0. The van der Waals surface area contributed by atoms with Gasteiger partial charge in [-0.1, -0.05) is 31.2 Å². The first-order valence-electron chi connectivity index (χ1n) is 3.54. The average Bonchev–Trinajstić information content (AvgIpc) is 1.84. The van der Waals surface area contributed by atoms with E-state index in [1.165, 1.54) is 11.1 Å². The molecule has 0 aromatic rings. The van der Waals surface area contributed by atoms with Gasteiger partial charge in [0.1, 0.15) is 0 Å². The normalized spacial score (nSPS) is 23.5. The molecule has 0 radical (unpaired) electrons. The van der Waals surface area contributed by atoms with Crippen LogP contribution < -0.4 is 0 Å². The molecule has 0 bridgehead atoms. The summed E-state index contributed by atoms with van der Waals surface area (Å²) in [6, 6.07) is 0. The Labute approximate surface area is 69.6 Å². The van der Waals surface area contributed by atoms with Crippen molar-refractivity contribution in [2.24, 2.45) is 0 Å². The van der Waals surface area contributed by atoms with Crippen molar-refractivity contribution >= 4 is 0 Å². The Morgan fingerprint density at radius 1 is 1.36 bits per heavy atom. The van der Waals surface area contributed by atoms with E-state index in [0.717, 1.165) is 6.42 Å². The van der Waals surface area contributed by atoms with Gasteiger partial charge in [-0.3, -0.25) is 0 Å². The lowest BCUT2D eigenvalue weighted by molar-refractivity contribution is 1.20. The molecule has 11 heavy (non-hydrogen) atoms. The van der Waals surface area contributed by atoms with Gasteiger partial charge in [-0.15, -0.1) is 5.73 Å². The highest BCUT2D eigenvalue weighted by Crippen LogP contribution is 2.05. The molecule has 0 atom stereocenters. The largest absolute Gasteiger partial charge is 0.118 e. The highest BCUT2D eigenvalue weighted by atomic mass is 13.9. The molecule has 0 heterocycles. The van der Waals surface area contributed by atoms with E-state index < -0.39 is 0 Å². The Morgan fingerprint density at radius 3 is 2.82 bits per heavy atom. The second-order valence-corrected chi connectivity index (χ2v) is 2.61. The molecule has 0 N–H and O–H groups in total. The van der Waals surface area contributed by atoms with E-state index in [1.807, 2.05) is 6.08 Å². The Hall–Kier alpha value is -1.00. The van der Waals surface area contributed by atoms with Crippen LogP contribution in [0, 0.1) is 0 Å². The van der Waals surface area contributed by atoms with Gasteiger partial charge < -0.3 is 0 Å². The predicted octanol–water partition coefficient (Wildman–Crippen LogP) is 3.63. The van der Waals surface area contributed by atoms with Gasteiger partial charge in [0.15, 0.2) is 0 Å². The van der Waals surface area contributed by atoms with Crippen molar-refractivity contribution in [2.45, 2.75) is 27.7 Å². The standard InChI is InChI=1S/C10H12.CH4/c1-9-5-3-7-10(2)8-4-6-9;/h3-5,8H,6H2,1-2H3;1H4/b8-4-,9-5-;. The van der Waals surface area contributed by atoms with Crippen LogP contribution in [0.3, 0.4) is 0 Å². The van der Waals surface area contributed by atoms with Crippen LogP contribution in [0.2, 0.25) is 0 Å². The zero-order valence-corrected chi connectivity index (χ0v) is 6.52. The molecule has 0 aliphatic heterocycles. The Morgan fingerprint density at radius 2 is 2.09 bits per heavy atom. The SMILES string of the molecule is C.CC1=C=C/C=C(/C)C/C=C\1. The minimum absolute atomic E-state index is 0. The van der Waals surface area contributed by atoms with Crippen LogP contribution in [0.25, 0.3) is 0 Å². The summed E-state index contributed by atoms with van der Waals surface area (Å²) < 4.78 is 0. The molecule has 0 unspecified atom stereocenters. The molecule has 1 rings (SSSR count). The molecule has 0 heteroatoms. The van der Waals surface area contributed by atoms with E-state index >= 15 is 0 Å². The Kier molecular flexibility index (Phi) is 4.33. The van der Waals surface area contributed by atoms with Gasteiger partial charge in [0, 0.05) is 0 Å². The van der Waals surface area contributed by atoms with Crippen LogP contribution in [-0.2, 0) is 0 Å². The molecule has 0 fully saturated rings. The van der Waals surface area contributed by atoms with Crippen LogP contribution in [0.15, 0.2) is 41.2 Å². The van der Waals surface area contributed by atoms with E-state index in [2.05, 4.69) is 37.8 Å². The summed E-state index contributed by atoms with van der Waals surface area (Å²) in [7, 11) is 0. The minimum Gasteiger partial charge on any atom is -0.118 e. The summed E-state index contributed by atoms with van der Waals surface area (Å²) in [5.74, 6) is 0. The molecular weight excluding hydrogens is 132 g/mol. The monoisotopic (exact) mass is 148 g/mol. The highest BCUT2D eigenvalue weighted by molar-refractivity contribution is 5.24. The van der Waals surface area contributed by atoms with Crippen molar-refractivity contribution in [1.29, 1.82) is 0 Å². The smallest absolute Gasteiger partial charge is 0.00945 e. The van der Waals surface area contributed by atoms with Crippen LogP contribution in [0.1, 0.15) is 27.7 Å². The van der Waals surface area contributed by atoms with Crippen LogP contribution in [0.5, 0.6) is 0 Å². The molecule has 60 valence electrons. The molecule has 0 saturated carbocycles. The van der Waals surface area contributed by atoms with Gasteiger partial charge in [-0.2, -0.15) is 0 Å². The maximum atomic E-state index is 3.14. The van der Waals surface area contributed by atoms with E-state index in [-0.39, 0.29) is 7.43 Å². The first kappa shape index (κ1) is 10.0. The third-order valence-electron chi connectivity index (χ3n) is 1.49. The first-order chi connectivity index (χ1) is 4.79. The molecule has 0 aromatic heterocycles. The zero-order chi connectivity index (χ0) is 7.40. The van der Waals surface area contributed by atoms with Gasteiger partial charge in [0.05, 0.1) is 0 Å². The summed E-state index contributed by atoms with van der Waals surface area (Å²) in [5, 5.41) is 0. The summed E-state index contributed by atoms with van der Waals surface area (Å²) in [5.41, 5.74) is 5.73. The fourth-order valence-corrected chi connectivity index (χ4v) is 0.853. The molecule has 0 nitrogen and oxygen atoms in total. The van der Waals surface area contributed by atoms with Crippen molar-refractivity contribution < 1.29 is 0 Å². The van der Waals surface area contributed by atoms with Gasteiger partial charge in [0.2, 0.25) is 0 Å². The van der Waals surface area contributed by atoms with Crippen molar-refractivity contribution in [1.82, 2.24) is 0 Å². The second kappa shape index (κ2) is 4.76. The first-order valence-corrected chi connectivity index (χ1v) is 3.54. The maximum absolute atomic E-state index is 3.14. The lowest BCUT2D eigenvalue weighted by atomic mass is 10.1. The number of hydrogen-bond acceptors (Lipinski definition) is 0. The Balaban J connectivity index is 0.000001000. The molecule has 1 aliphatic rings. The van der Waals surface area contributed by atoms with Crippen molar-refractivity contribution in [3.8, 4) is 0 Å². The van der Waals surface area contributed by atoms with Gasteiger partial charge >= 0.3 is 0 Å². The maximum Gasteiger partial charge on any atom is -0.00945 e. The molecule has 0 spiro atoms. The average molecular weight is 148 g/mol. The predicted molar refractivity (Wildman–Crippen MR) is 51.5 cm³/mol. The van der Waals surface area contributed by atoms with E-state index in [0.29, 0.717) is 0 Å². The fourth-order valence-electron chi connectivity index (χ4n) is 0.853. The zero-order valence-electron chi connectivity index (χ0n) is 6.52. The summed E-state index contributed by atoms with van der Waals surface area (Å²) in [6.07, 6.45) is 9.42. The molecule has 1 aliphatic carbocycles. The minimum atomic E-state index is 0. The van der Waals surface area contributed by atoms with Gasteiger partial charge in [0.25, 0.3) is 0 Å². The third-order valence-corrected chi connectivity index (χ3v) is 1.49. The lowest BCUT2D eigenvalue weighted by Crippen LogP contribution is -1.74. The number of hydrogen-bond donors (Lipinski definition) is 0. The Bertz CT molecular complexity index is 233. The van der Waals surface area contributed by atoms with Crippen LogP contribution in [0.4, 0.5) is 0 Å². The number of allylic oxidation sites excluding steroid dienone is 5. The summed E-state index contributed by atoms with van der Waals surface area (Å²) in [6.45, 7) is 4.19. The third kappa shape index (κ3) is 3.64. The van der Waals surface area contributed by atoms with E-state index in [9.17, 15) is 0 Å². The molecule has 0 amide bonds. The molecule has 0 aromatic carbocycles. The van der Waals surface area contributed by atoms with Crippen LogP contribution in [-0.4, -0.2) is 0 Å². The van der Waals surface area contributed by atoms with Gasteiger partial charge in [-0.25, -0.2) is 0 Å². The number of rotatable bonds is 0. The molecule has 0 saturated heterocycles. The fraction of sp³-hybridized carbons (Fsp3) is 0.364. The van der Waals surface area contributed by atoms with Gasteiger partial charge in [-0.05, 0) is 31.9 Å². The topological polar surface area (TPSA) is 0 Å². The molecular formula is C11H16. The second-order valence-electron chi connectivity index (χ2n) is 2.61. The lowest BCUT2D eigenvalue weighted by Gasteiger charge is -1.94. The summed E-state index contributed by atoms with van der Waals surface area (Å²) in [4.78, 5) is 0. The van der Waals surface area contributed by atoms with E-state index in [4.69, 9.17) is 0 Å². The van der Waals surface area contributed by atoms with Crippen molar-refractivity contribution in [3.05, 3.63) is 41.2 Å². The van der Waals surface area contributed by atoms with E-state index in [1.54, 1.807) is 0 Å². The highest BCUT2D eigenvalue weighted by Gasteiger charge is 1.85. The van der Waals surface area contributed by atoms with Crippen molar-refractivity contribution in [2.75, 3.05) is 0 Å². The van der Waals surface area contributed by atoms with Crippen molar-refractivity contribution in [3.63, 3.8) is 0 Å².